The maximum atomic E-state index is 8.74. The number of nitrogens with two attached hydrogens (primary N) is 2. The third-order valence-corrected chi connectivity index (χ3v) is 0.183. The van der Waals surface area contributed by atoms with Gasteiger partial charge in [0.05, 0.1) is 25.2 Å². The second kappa shape index (κ2) is 13.4. The minimum Gasteiger partial charge on any atom is -0.318 e. The van der Waals surface area contributed by atoms with E-state index in [9.17, 15) is 0 Å². The highest BCUT2D eigenvalue weighted by molar-refractivity contribution is 7.79. The summed E-state index contributed by atoms with van der Waals surface area (Å²) in [5.74, 6) is 0. The Bertz CT molecular complexity index is 239. The fourth-order valence-corrected chi connectivity index (χ4v) is 0. The van der Waals surface area contributed by atoms with Gasteiger partial charge in [0.15, 0.2) is 0 Å². The van der Waals surface area contributed by atoms with E-state index in [1.165, 1.54) is 0 Å². The molecule has 0 aliphatic rings. The lowest BCUT2D eigenvalue weighted by Gasteiger charge is -1.68. The molecule has 0 fully saturated rings. The molecule has 8 nitrogen and oxygen atoms in total. The molecule has 0 aliphatic heterocycles. The van der Waals surface area contributed by atoms with Crippen molar-refractivity contribution in [2.24, 2.45) is 11.5 Å². The summed E-state index contributed by atoms with van der Waals surface area (Å²) in [6, 6.07) is 3.42. The molecule has 6 N–H and O–H groups in total. The molecule has 0 aromatic carbocycles. The van der Waals surface area contributed by atoms with Crippen LogP contribution in [0.2, 0.25) is 0 Å². The zero-order chi connectivity index (χ0) is 11.3. The van der Waals surface area contributed by atoms with Crippen LogP contribution in [-0.2, 0) is 10.4 Å². The third-order valence-electron chi connectivity index (χ3n) is 0.183. The Morgan fingerprint density at radius 2 is 1.15 bits per heavy atom. The average molecular weight is 210 g/mol. The highest BCUT2D eigenvalue weighted by Crippen LogP contribution is 1.59. The lowest BCUT2D eigenvalue weighted by molar-refractivity contribution is 0.381. The molecule has 0 unspecified atom stereocenters. The van der Waals surface area contributed by atoms with Crippen LogP contribution in [0.5, 0.6) is 0 Å². The summed E-state index contributed by atoms with van der Waals surface area (Å²) in [6.45, 7) is 0.250. The summed E-state index contributed by atoms with van der Waals surface area (Å²) in [7, 11) is -4.67. The van der Waals surface area contributed by atoms with Gasteiger partial charge in [-0.25, -0.2) is 0 Å². The Kier molecular flexibility index (Phi) is 18.3. The van der Waals surface area contributed by atoms with E-state index in [0.717, 1.165) is 0 Å². The van der Waals surface area contributed by atoms with Crippen molar-refractivity contribution in [3.63, 3.8) is 0 Å². The van der Waals surface area contributed by atoms with E-state index in [0.29, 0.717) is 0 Å². The van der Waals surface area contributed by atoms with E-state index in [4.69, 9.17) is 28.0 Å². The summed E-state index contributed by atoms with van der Waals surface area (Å²) in [4.78, 5) is 0. The molecule has 9 heteroatoms. The Hall–Kier alpha value is -1.23. The van der Waals surface area contributed by atoms with Crippen LogP contribution in [0.25, 0.3) is 0 Å². The minimum atomic E-state index is -4.67. The predicted molar refractivity (Wildman–Crippen MR) is 43.5 cm³/mol. The fourth-order valence-electron chi connectivity index (χ4n) is 0. The number of nitriles is 2. The monoisotopic (exact) mass is 210 g/mol. The van der Waals surface area contributed by atoms with Gasteiger partial charge in [0, 0.05) is 0 Å². The Balaban J connectivity index is -0.000000117. The lowest BCUT2D eigenvalue weighted by atomic mass is 10.8. The summed E-state index contributed by atoms with van der Waals surface area (Å²) in [5, 5.41) is 15.0. The Morgan fingerprint density at radius 1 is 1.08 bits per heavy atom. The second-order valence-electron chi connectivity index (χ2n) is 1.17. The van der Waals surface area contributed by atoms with Crippen LogP contribution < -0.4 is 11.5 Å². The van der Waals surface area contributed by atoms with Gasteiger partial charge in [0.25, 0.3) is 0 Å². The largest absolute Gasteiger partial charge is 0.394 e. The standard InChI is InChI=1S/2C2H4N2.H2O4S/c2*3-1-2-4;1-5(2,3)4/h2*1,3H2;(H2,1,2,3,4). The van der Waals surface area contributed by atoms with Gasteiger partial charge >= 0.3 is 10.4 Å². The van der Waals surface area contributed by atoms with Gasteiger partial charge in [0.2, 0.25) is 0 Å². The van der Waals surface area contributed by atoms with Crippen LogP contribution in [0.4, 0.5) is 0 Å². The SMILES string of the molecule is N#CCN.N#CCN.O=S(=O)(O)O. The normalized spacial score (nSPS) is 7.54. The summed E-state index contributed by atoms with van der Waals surface area (Å²) >= 11 is 0. The molecule has 0 aliphatic carbocycles. The van der Waals surface area contributed by atoms with Gasteiger partial charge in [-0.05, 0) is 0 Å². The summed E-state index contributed by atoms with van der Waals surface area (Å²) in [6.07, 6.45) is 0. The zero-order valence-electron chi connectivity index (χ0n) is 6.58. The molecule has 76 valence electrons. The van der Waals surface area contributed by atoms with Crippen LogP contribution in [-0.4, -0.2) is 30.6 Å². The molecular weight excluding hydrogens is 200 g/mol. The smallest absolute Gasteiger partial charge is 0.318 e. The first-order chi connectivity index (χ1) is 5.83. The van der Waals surface area contributed by atoms with Gasteiger partial charge in [-0.2, -0.15) is 18.9 Å². The van der Waals surface area contributed by atoms with Crippen LogP contribution in [0, 0.1) is 22.7 Å². The van der Waals surface area contributed by atoms with Gasteiger partial charge < -0.3 is 11.5 Å². The van der Waals surface area contributed by atoms with E-state index in [1.54, 1.807) is 12.1 Å². The molecule has 0 saturated heterocycles. The van der Waals surface area contributed by atoms with Gasteiger partial charge in [-0.1, -0.05) is 0 Å². The highest BCUT2D eigenvalue weighted by atomic mass is 32.3. The van der Waals surface area contributed by atoms with Crippen molar-refractivity contribution < 1.29 is 17.5 Å². The number of hydrogen-bond acceptors (Lipinski definition) is 6. The summed E-state index contributed by atoms with van der Waals surface area (Å²) in [5.41, 5.74) is 9.33. The first-order valence-corrected chi connectivity index (χ1v) is 4.07. The molecule has 0 aromatic rings. The molecule has 0 amide bonds. The van der Waals surface area contributed by atoms with Crippen molar-refractivity contribution in [3.8, 4) is 12.1 Å². The van der Waals surface area contributed by atoms with Crippen molar-refractivity contribution >= 4 is 10.4 Å². The van der Waals surface area contributed by atoms with Crippen LogP contribution >= 0.6 is 0 Å². The molecule has 0 aromatic heterocycles. The van der Waals surface area contributed by atoms with Crippen molar-refractivity contribution in [1.29, 1.82) is 10.5 Å². The fraction of sp³-hybridized carbons (Fsp3) is 0.500. The van der Waals surface area contributed by atoms with Crippen LogP contribution in [0.15, 0.2) is 0 Å². The topological polar surface area (TPSA) is 174 Å². The molecule has 0 radical (unpaired) electrons. The Labute approximate surface area is 75.9 Å². The van der Waals surface area contributed by atoms with E-state index < -0.39 is 10.4 Å². The average Bonchev–Trinajstić information content (AvgIpc) is 2.01. The first kappa shape index (κ1) is 17.8. The quantitative estimate of drug-likeness (QED) is 0.269. The summed E-state index contributed by atoms with van der Waals surface area (Å²) < 4.78 is 31.6. The second-order valence-corrected chi connectivity index (χ2v) is 2.07. The van der Waals surface area contributed by atoms with Gasteiger partial charge in [-0.15, -0.1) is 0 Å². The Morgan fingerprint density at radius 3 is 1.15 bits per heavy atom. The predicted octanol–water partition coefficient (Wildman–Crippen LogP) is -1.72. The van der Waals surface area contributed by atoms with Crippen molar-refractivity contribution in [2.75, 3.05) is 13.1 Å². The van der Waals surface area contributed by atoms with Crippen molar-refractivity contribution in [2.45, 2.75) is 0 Å². The van der Waals surface area contributed by atoms with Crippen LogP contribution in [0.3, 0.4) is 0 Å². The van der Waals surface area contributed by atoms with Crippen molar-refractivity contribution in [1.82, 2.24) is 0 Å². The van der Waals surface area contributed by atoms with Crippen LogP contribution in [0.1, 0.15) is 0 Å². The first-order valence-electron chi connectivity index (χ1n) is 2.67. The van der Waals surface area contributed by atoms with E-state index in [1.807, 2.05) is 0 Å². The maximum Gasteiger partial charge on any atom is 0.394 e. The van der Waals surface area contributed by atoms with E-state index >= 15 is 0 Å². The molecule has 0 saturated carbocycles. The molecule has 0 bridgehead atoms. The lowest BCUT2D eigenvalue weighted by Crippen LogP contribution is -1.91. The minimum absolute atomic E-state index is 0.125. The van der Waals surface area contributed by atoms with Crippen molar-refractivity contribution in [3.05, 3.63) is 0 Å². The van der Waals surface area contributed by atoms with E-state index in [-0.39, 0.29) is 13.1 Å². The molecular formula is C4H10N4O4S. The number of rotatable bonds is 0. The molecule has 0 atom stereocenters. The van der Waals surface area contributed by atoms with E-state index in [2.05, 4.69) is 11.5 Å². The molecule has 0 rings (SSSR count). The molecule has 0 spiro atoms. The highest BCUT2D eigenvalue weighted by Gasteiger charge is 1.84. The van der Waals surface area contributed by atoms with Gasteiger partial charge in [0.1, 0.15) is 0 Å². The zero-order valence-corrected chi connectivity index (χ0v) is 7.40. The molecule has 0 heterocycles. The third kappa shape index (κ3) is 1400. The molecule has 13 heavy (non-hydrogen) atoms. The van der Waals surface area contributed by atoms with Gasteiger partial charge in [-0.3, -0.25) is 9.11 Å². The maximum absolute atomic E-state index is 8.74. The number of hydrogen-bond donors (Lipinski definition) is 4. The number of nitrogens with zero attached hydrogens (tertiary/aromatic N) is 2.